The van der Waals surface area contributed by atoms with Crippen LogP contribution in [0.25, 0.3) is 0 Å². The number of ether oxygens (including phenoxy) is 1. The van der Waals surface area contributed by atoms with E-state index in [1.807, 2.05) is 12.1 Å². The Morgan fingerprint density at radius 1 is 1.15 bits per heavy atom. The molecule has 1 aliphatic heterocycles. The van der Waals surface area contributed by atoms with Crippen molar-refractivity contribution in [1.82, 2.24) is 5.32 Å². The molecule has 112 valence electrons. The van der Waals surface area contributed by atoms with Crippen LogP contribution in [0.1, 0.15) is 32.3 Å². The molecule has 2 atom stereocenters. The van der Waals surface area contributed by atoms with Crippen LogP contribution in [-0.2, 0) is 21.1 Å². The van der Waals surface area contributed by atoms with Gasteiger partial charge in [-0.2, -0.15) is 0 Å². The van der Waals surface area contributed by atoms with Crippen molar-refractivity contribution in [3.8, 4) is 0 Å². The van der Waals surface area contributed by atoms with Crippen molar-refractivity contribution in [3.63, 3.8) is 0 Å². The van der Waals surface area contributed by atoms with E-state index in [1.54, 1.807) is 12.1 Å². The molecule has 20 heavy (non-hydrogen) atoms. The van der Waals surface area contributed by atoms with Crippen LogP contribution in [0.2, 0.25) is 0 Å². The molecule has 0 spiro atoms. The van der Waals surface area contributed by atoms with Crippen molar-refractivity contribution >= 4 is 9.84 Å². The van der Waals surface area contributed by atoms with E-state index in [9.17, 15) is 8.42 Å². The van der Waals surface area contributed by atoms with E-state index in [-0.39, 0.29) is 0 Å². The lowest BCUT2D eigenvalue weighted by molar-refractivity contribution is -0.0422. The van der Waals surface area contributed by atoms with Gasteiger partial charge in [-0.05, 0) is 44.4 Å². The Hall–Kier alpha value is -0.910. The smallest absolute Gasteiger partial charge is 0.175 e. The Labute approximate surface area is 121 Å². The second-order valence-corrected chi connectivity index (χ2v) is 7.74. The third kappa shape index (κ3) is 4.30. The van der Waals surface area contributed by atoms with E-state index in [4.69, 9.17) is 4.74 Å². The molecule has 1 N–H and O–H groups in total. The van der Waals surface area contributed by atoms with Gasteiger partial charge < -0.3 is 10.1 Å². The highest BCUT2D eigenvalue weighted by Crippen LogP contribution is 2.19. The van der Waals surface area contributed by atoms with Crippen LogP contribution in [0.15, 0.2) is 29.2 Å². The Balaban J connectivity index is 1.91. The number of nitrogens with one attached hydrogen (secondary N) is 1. The number of benzene rings is 1. The fourth-order valence-corrected chi connectivity index (χ4v) is 3.32. The maximum absolute atomic E-state index is 11.4. The Morgan fingerprint density at radius 2 is 1.70 bits per heavy atom. The summed E-state index contributed by atoms with van der Waals surface area (Å²) in [6.07, 6.45) is 3.86. The lowest BCUT2D eigenvalue weighted by Gasteiger charge is -2.32. The van der Waals surface area contributed by atoms with Crippen LogP contribution < -0.4 is 5.32 Å². The van der Waals surface area contributed by atoms with Gasteiger partial charge in [-0.1, -0.05) is 12.1 Å². The van der Waals surface area contributed by atoms with E-state index in [2.05, 4.69) is 19.2 Å². The number of hydrogen-bond acceptors (Lipinski definition) is 4. The zero-order chi connectivity index (χ0) is 14.8. The van der Waals surface area contributed by atoms with E-state index in [0.29, 0.717) is 23.1 Å². The van der Waals surface area contributed by atoms with Crippen molar-refractivity contribution < 1.29 is 13.2 Å². The van der Waals surface area contributed by atoms with Crippen LogP contribution in [-0.4, -0.2) is 32.9 Å². The lowest BCUT2D eigenvalue weighted by Crippen LogP contribution is -2.40. The highest BCUT2D eigenvalue weighted by molar-refractivity contribution is 7.90. The van der Waals surface area contributed by atoms with Crippen molar-refractivity contribution in [1.29, 1.82) is 0 Å². The minimum atomic E-state index is -3.11. The third-order valence-corrected chi connectivity index (χ3v) is 4.77. The van der Waals surface area contributed by atoms with Crippen LogP contribution in [0.3, 0.4) is 0 Å². The SMILES string of the molecule is CC1CC(NCc2ccc(S(C)(=O)=O)cc2)CC(C)O1. The molecule has 2 rings (SSSR count). The molecule has 0 radical (unpaired) electrons. The van der Waals surface area contributed by atoms with Crippen LogP contribution in [0.4, 0.5) is 0 Å². The molecular weight excluding hydrogens is 274 g/mol. The van der Waals surface area contributed by atoms with E-state index in [0.717, 1.165) is 24.9 Å². The highest BCUT2D eigenvalue weighted by Gasteiger charge is 2.23. The number of hydrogen-bond donors (Lipinski definition) is 1. The molecule has 1 aromatic carbocycles. The molecule has 1 fully saturated rings. The average Bonchev–Trinajstić information content (AvgIpc) is 2.35. The molecule has 0 bridgehead atoms. The minimum Gasteiger partial charge on any atom is -0.375 e. The van der Waals surface area contributed by atoms with Gasteiger partial charge in [0.1, 0.15) is 0 Å². The first-order valence-corrected chi connectivity index (χ1v) is 8.91. The predicted octanol–water partition coefficient (Wildman–Crippen LogP) is 2.14. The normalized spacial score (nSPS) is 27.4. The van der Waals surface area contributed by atoms with E-state index < -0.39 is 9.84 Å². The van der Waals surface area contributed by atoms with Gasteiger partial charge in [-0.15, -0.1) is 0 Å². The Bertz CT molecular complexity index is 529. The van der Waals surface area contributed by atoms with E-state index >= 15 is 0 Å². The average molecular weight is 297 g/mol. The first kappa shape index (κ1) is 15.5. The maximum Gasteiger partial charge on any atom is 0.175 e. The quantitative estimate of drug-likeness (QED) is 0.925. The number of rotatable bonds is 4. The summed E-state index contributed by atoms with van der Waals surface area (Å²) in [5.74, 6) is 0. The summed E-state index contributed by atoms with van der Waals surface area (Å²) >= 11 is 0. The number of sulfone groups is 1. The first-order valence-electron chi connectivity index (χ1n) is 7.02. The van der Waals surface area contributed by atoms with Gasteiger partial charge in [0.2, 0.25) is 0 Å². The van der Waals surface area contributed by atoms with Crippen molar-refractivity contribution in [3.05, 3.63) is 29.8 Å². The van der Waals surface area contributed by atoms with Crippen LogP contribution >= 0.6 is 0 Å². The first-order chi connectivity index (χ1) is 9.34. The van der Waals surface area contributed by atoms with Gasteiger partial charge in [0.05, 0.1) is 17.1 Å². The molecule has 0 amide bonds. The van der Waals surface area contributed by atoms with Crippen LogP contribution in [0, 0.1) is 0 Å². The second-order valence-electron chi connectivity index (χ2n) is 5.72. The van der Waals surface area contributed by atoms with Gasteiger partial charge >= 0.3 is 0 Å². The summed E-state index contributed by atoms with van der Waals surface area (Å²) in [7, 11) is -3.11. The largest absolute Gasteiger partial charge is 0.375 e. The monoisotopic (exact) mass is 297 g/mol. The zero-order valence-electron chi connectivity index (χ0n) is 12.3. The molecule has 4 nitrogen and oxygen atoms in total. The van der Waals surface area contributed by atoms with Crippen LogP contribution in [0.5, 0.6) is 0 Å². The van der Waals surface area contributed by atoms with Gasteiger partial charge in [0, 0.05) is 18.8 Å². The van der Waals surface area contributed by atoms with Gasteiger partial charge in [-0.25, -0.2) is 8.42 Å². The lowest BCUT2D eigenvalue weighted by atomic mass is 9.99. The molecule has 5 heteroatoms. The molecule has 1 aliphatic rings. The fraction of sp³-hybridized carbons (Fsp3) is 0.600. The summed E-state index contributed by atoms with van der Waals surface area (Å²) in [6.45, 7) is 4.96. The second kappa shape index (κ2) is 6.24. The Morgan fingerprint density at radius 3 is 2.20 bits per heavy atom. The standard InChI is InChI=1S/C15H23NO3S/c1-11-8-14(9-12(2)19-11)16-10-13-4-6-15(7-5-13)20(3,17)18/h4-7,11-12,14,16H,8-10H2,1-3H3. The minimum absolute atomic E-state index is 0.295. The van der Waals surface area contributed by atoms with Crippen molar-refractivity contribution in [2.24, 2.45) is 0 Å². The Kier molecular flexibility index (Phi) is 4.83. The zero-order valence-corrected chi connectivity index (χ0v) is 13.1. The summed E-state index contributed by atoms with van der Waals surface area (Å²) in [5.41, 5.74) is 1.10. The summed E-state index contributed by atoms with van der Waals surface area (Å²) in [5, 5.41) is 3.53. The molecule has 1 heterocycles. The van der Waals surface area contributed by atoms with Crippen molar-refractivity contribution in [2.75, 3.05) is 6.26 Å². The summed E-state index contributed by atoms with van der Waals surface area (Å²) in [4.78, 5) is 0.370. The van der Waals surface area contributed by atoms with Gasteiger partial charge in [0.25, 0.3) is 0 Å². The van der Waals surface area contributed by atoms with Gasteiger partial charge in [-0.3, -0.25) is 0 Å². The molecule has 0 aromatic heterocycles. The topological polar surface area (TPSA) is 55.4 Å². The van der Waals surface area contributed by atoms with E-state index in [1.165, 1.54) is 6.26 Å². The molecular formula is C15H23NO3S. The predicted molar refractivity (Wildman–Crippen MR) is 79.4 cm³/mol. The maximum atomic E-state index is 11.4. The summed E-state index contributed by atoms with van der Waals surface area (Å²) < 4.78 is 28.5. The summed E-state index contributed by atoms with van der Waals surface area (Å²) in [6, 6.07) is 7.54. The highest BCUT2D eigenvalue weighted by atomic mass is 32.2. The molecule has 1 aromatic rings. The molecule has 0 saturated carbocycles. The molecule has 0 aliphatic carbocycles. The third-order valence-electron chi connectivity index (χ3n) is 3.64. The van der Waals surface area contributed by atoms with Gasteiger partial charge in [0.15, 0.2) is 9.84 Å². The van der Waals surface area contributed by atoms with Crippen molar-refractivity contribution in [2.45, 2.75) is 56.4 Å². The molecule has 1 saturated heterocycles. The fourth-order valence-electron chi connectivity index (χ4n) is 2.69. The molecule has 2 unspecified atom stereocenters.